The largest absolute Gasteiger partial charge is 0.385 e. The Morgan fingerprint density at radius 3 is 3.18 bits per heavy atom. The average Bonchev–Trinajstić information content (AvgIpc) is 2.75. The predicted octanol–water partition coefficient (Wildman–Crippen LogP) is 3.36. The van der Waals surface area contributed by atoms with Crippen molar-refractivity contribution < 1.29 is 4.74 Å². The number of anilines is 1. The van der Waals surface area contributed by atoms with E-state index < -0.39 is 0 Å². The lowest BCUT2D eigenvalue weighted by Gasteiger charge is -2.18. The number of hydrogen-bond donors (Lipinski definition) is 0. The number of methoxy groups -OCH3 is 1. The molecule has 5 heteroatoms. The molecule has 94 valence electrons. The molecule has 0 aromatic carbocycles. The quantitative estimate of drug-likeness (QED) is 0.851. The van der Waals surface area contributed by atoms with Crippen LogP contribution in [-0.4, -0.2) is 31.8 Å². The van der Waals surface area contributed by atoms with Crippen molar-refractivity contribution in [3.63, 3.8) is 0 Å². The van der Waals surface area contributed by atoms with Gasteiger partial charge in [0.25, 0.3) is 0 Å². The fourth-order valence-corrected chi connectivity index (χ4v) is 2.93. The molecular formula is C12H16BrClN2O. The number of rotatable bonds is 4. The van der Waals surface area contributed by atoms with Gasteiger partial charge in [0.2, 0.25) is 0 Å². The molecule has 3 nitrogen and oxygen atoms in total. The second-order valence-corrected chi connectivity index (χ2v) is 5.66. The van der Waals surface area contributed by atoms with E-state index in [1.807, 2.05) is 6.07 Å². The van der Waals surface area contributed by atoms with E-state index in [0.29, 0.717) is 10.9 Å². The molecule has 1 unspecified atom stereocenters. The highest BCUT2D eigenvalue weighted by Crippen LogP contribution is 2.31. The van der Waals surface area contributed by atoms with Gasteiger partial charge < -0.3 is 9.64 Å². The Morgan fingerprint density at radius 1 is 1.65 bits per heavy atom. The molecule has 1 atom stereocenters. The van der Waals surface area contributed by atoms with Gasteiger partial charge in [-0.2, -0.15) is 0 Å². The van der Waals surface area contributed by atoms with E-state index in [4.69, 9.17) is 16.3 Å². The van der Waals surface area contributed by atoms with Crippen LogP contribution in [0.25, 0.3) is 0 Å². The van der Waals surface area contributed by atoms with Gasteiger partial charge in [-0.25, -0.2) is 4.98 Å². The molecule has 2 rings (SSSR count). The molecule has 1 saturated heterocycles. The van der Waals surface area contributed by atoms with Crippen LogP contribution in [0.15, 0.2) is 16.7 Å². The third kappa shape index (κ3) is 3.33. The first-order valence-electron chi connectivity index (χ1n) is 5.75. The van der Waals surface area contributed by atoms with Gasteiger partial charge in [0.15, 0.2) is 0 Å². The number of nitrogens with zero attached hydrogens (tertiary/aromatic N) is 2. The Hall–Kier alpha value is -0.320. The second kappa shape index (κ2) is 6.03. The maximum atomic E-state index is 6.20. The summed E-state index contributed by atoms with van der Waals surface area (Å²) in [7, 11) is 1.75. The predicted molar refractivity (Wildman–Crippen MR) is 73.8 cm³/mol. The summed E-state index contributed by atoms with van der Waals surface area (Å²) < 4.78 is 6.04. The van der Waals surface area contributed by atoms with Crippen LogP contribution < -0.4 is 4.90 Å². The highest BCUT2D eigenvalue weighted by atomic mass is 79.9. The van der Waals surface area contributed by atoms with E-state index in [-0.39, 0.29) is 0 Å². The van der Waals surface area contributed by atoms with Gasteiger partial charge in [0, 0.05) is 37.5 Å². The van der Waals surface area contributed by atoms with Crippen molar-refractivity contribution in [2.24, 2.45) is 5.92 Å². The van der Waals surface area contributed by atoms with Crippen molar-refractivity contribution in [1.29, 1.82) is 0 Å². The molecule has 0 bridgehead atoms. The first-order valence-corrected chi connectivity index (χ1v) is 6.92. The lowest BCUT2D eigenvalue weighted by molar-refractivity contribution is 0.180. The molecule has 1 aromatic heterocycles. The van der Waals surface area contributed by atoms with Crippen LogP contribution in [0, 0.1) is 5.92 Å². The molecule has 0 saturated carbocycles. The normalized spacial score (nSPS) is 19.9. The van der Waals surface area contributed by atoms with Gasteiger partial charge >= 0.3 is 0 Å². The fraction of sp³-hybridized carbons (Fsp3) is 0.583. The summed E-state index contributed by atoms with van der Waals surface area (Å²) in [6.07, 6.45) is 4.10. The van der Waals surface area contributed by atoms with Crippen LogP contribution in [0.2, 0.25) is 5.02 Å². The molecule has 0 N–H and O–H groups in total. The molecule has 1 aliphatic heterocycles. The van der Waals surface area contributed by atoms with Gasteiger partial charge in [0.05, 0.1) is 5.02 Å². The minimum Gasteiger partial charge on any atom is -0.385 e. The van der Waals surface area contributed by atoms with Gasteiger partial charge in [0.1, 0.15) is 5.82 Å². The van der Waals surface area contributed by atoms with Crippen molar-refractivity contribution in [3.8, 4) is 0 Å². The summed E-state index contributed by atoms with van der Waals surface area (Å²) in [5.74, 6) is 1.59. The highest BCUT2D eigenvalue weighted by molar-refractivity contribution is 9.10. The molecule has 1 fully saturated rings. The zero-order valence-electron chi connectivity index (χ0n) is 9.83. The van der Waals surface area contributed by atoms with Crippen molar-refractivity contribution in [2.45, 2.75) is 12.8 Å². The van der Waals surface area contributed by atoms with Gasteiger partial charge in [-0.3, -0.25) is 0 Å². The number of halogens is 2. The van der Waals surface area contributed by atoms with E-state index in [1.54, 1.807) is 13.3 Å². The number of hydrogen-bond acceptors (Lipinski definition) is 3. The fourth-order valence-electron chi connectivity index (χ4n) is 2.19. The molecular weight excluding hydrogens is 304 g/mol. The summed E-state index contributed by atoms with van der Waals surface area (Å²) >= 11 is 9.57. The standard InChI is InChI=1S/C12H16BrClN2O/c1-17-5-3-9-2-4-16(8-9)12-11(14)6-10(13)7-15-12/h6-7,9H,2-5,8H2,1H3. The molecule has 2 heterocycles. The molecule has 17 heavy (non-hydrogen) atoms. The summed E-state index contributed by atoms with van der Waals surface area (Å²) in [6, 6.07) is 1.90. The maximum Gasteiger partial charge on any atom is 0.147 e. The number of ether oxygens (including phenoxy) is 1. The lowest BCUT2D eigenvalue weighted by atomic mass is 10.1. The van der Waals surface area contributed by atoms with Crippen LogP contribution in [0.5, 0.6) is 0 Å². The van der Waals surface area contributed by atoms with Crippen LogP contribution in [0.1, 0.15) is 12.8 Å². The summed E-state index contributed by atoms with van der Waals surface area (Å²) in [6.45, 7) is 2.89. The van der Waals surface area contributed by atoms with Crippen molar-refractivity contribution in [1.82, 2.24) is 4.98 Å². The van der Waals surface area contributed by atoms with Gasteiger partial charge in [-0.15, -0.1) is 0 Å². The van der Waals surface area contributed by atoms with E-state index in [2.05, 4.69) is 25.8 Å². The molecule has 1 aliphatic rings. The Labute approximate surface area is 115 Å². The molecule has 0 spiro atoms. The lowest BCUT2D eigenvalue weighted by Crippen LogP contribution is -2.21. The second-order valence-electron chi connectivity index (χ2n) is 4.34. The van der Waals surface area contributed by atoms with Crippen LogP contribution in [-0.2, 0) is 4.74 Å². The SMILES string of the molecule is COCCC1CCN(c2ncc(Br)cc2Cl)C1. The Kier molecular flexibility index (Phi) is 4.65. The van der Waals surface area contributed by atoms with Crippen LogP contribution in [0.3, 0.4) is 0 Å². The molecule has 0 radical (unpaired) electrons. The minimum absolute atomic E-state index is 0.691. The smallest absolute Gasteiger partial charge is 0.147 e. The van der Waals surface area contributed by atoms with E-state index >= 15 is 0 Å². The Balaban J connectivity index is 2.00. The zero-order valence-corrected chi connectivity index (χ0v) is 12.2. The van der Waals surface area contributed by atoms with Gasteiger partial charge in [-0.05, 0) is 40.8 Å². The first kappa shape index (κ1) is 13.1. The average molecular weight is 320 g/mol. The van der Waals surface area contributed by atoms with Crippen molar-refractivity contribution in [2.75, 3.05) is 31.7 Å². The van der Waals surface area contributed by atoms with E-state index in [0.717, 1.165) is 36.4 Å². The molecule has 0 amide bonds. The maximum absolute atomic E-state index is 6.20. The van der Waals surface area contributed by atoms with Gasteiger partial charge in [-0.1, -0.05) is 11.6 Å². The summed E-state index contributed by atoms with van der Waals surface area (Å²) in [4.78, 5) is 6.65. The van der Waals surface area contributed by atoms with Crippen LogP contribution in [0.4, 0.5) is 5.82 Å². The Bertz CT molecular complexity index is 389. The van der Waals surface area contributed by atoms with E-state index in [9.17, 15) is 0 Å². The molecule has 0 aliphatic carbocycles. The summed E-state index contributed by atoms with van der Waals surface area (Å²) in [5, 5.41) is 0.715. The number of pyridine rings is 1. The summed E-state index contributed by atoms with van der Waals surface area (Å²) in [5.41, 5.74) is 0. The topological polar surface area (TPSA) is 25.4 Å². The highest BCUT2D eigenvalue weighted by Gasteiger charge is 2.24. The monoisotopic (exact) mass is 318 g/mol. The zero-order chi connectivity index (χ0) is 12.3. The Morgan fingerprint density at radius 2 is 2.47 bits per heavy atom. The number of aromatic nitrogens is 1. The van der Waals surface area contributed by atoms with Crippen LogP contribution >= 0.6 is 27.5 Å². The third-order valence-electron chi connectivity index (χ3n) is 3.10. The minimum atomic E-state index is 0.691. The van der Waals surface area contributed by atoms with E-state index in [1.165, 1.54) is 6.42 Å². The molecule has 1 aromatic rings. The van der Waals surface area contributed by atoms with Crippen molar-refractivity contribution >= 4 is 33.3 Å². The van der Waals surface area contributed by atoms with Crippen molar-refractivity contribution in [3.05, 3.63) is 21.8 Å². The third-order valence-corrected chi connectivity index (χ3v) is 3.82. The first-order chi connectivity index (χ1) is 8.20.